The SMILES string of the molecule is CN(C)Cc1ccc2c(c1)OC(=O)C(c1nc3ccccc3s1)C2. The summed E-state index contributed by atoms with van der Waals surface area (Å²) in [6.07, 6.45) is 0.649. The van der Waals surface area contributed by atoms with Crippen molar-refractivity contribution in [2.24, 2.45) is 0 Å². The lowest BCUT2D eigenvalue weighted by molar-refractivity contribution is -0.137. The Bertz CT molecular complexity index is 884. The molecule has 1 unspecified atom stereocenters. The Hall–Kier alpha value is -2.24. The van der Waals surface area contributed by atoms with Crippen LogP contribution in [-0.2, 0) is 17.8 Å². The van der Waals surface area contributed by atoms with Crippen LogP contribution in [-0.4, -0.2) is 29.9 Å². The van der Waals surface area contributed by atoms with Crippen molar-refractivity contribution in [2.45, 2.75) is 18.9 Å². The maximum atomic E-state index is 12.5. The highest BCUT2D eigenvalue weighted by Crippen LogP contribution is 2.37. The smallest absolute Gasteiger partial charge is 0.321 e. The summed E-state index contributed by atoms with van der Waals surface area (Å²) in [5, 5.41) is 0.837. The molecule has 1 aromatic heterocycles. The molecule has 0 saturated carbocycles. The first-order chi connectivity index (χ1) is 11.6. The fraction of sp³-hybridized carbons (Fsp3) is 0.263. The van der Waals surface area contributed by atoms with Crippen molar-refractivity contribution >= 4 is 27.5 Å². The van der Waals surface area contributed by atoms with E-state index < -0.39 is 0 Å². The molecule has 0 radical (unpaired) electrons. The lowest BCUT2D eigenvalue weighted by Gasteiger charge is -2.23. The molecule has 2 heterocycles. The van der Waals surface area contributed by atoms with E-state index in [2.05, 4.69) is 22.0 Å². The predicted octanol–water partition coefficient (Wildman–Crippen LogP) is 3.60. The van der Waals surface area contributed by atoms with Crippen molar-refractivity contribution in [1.82, 2.24) is 9.88 Å². The van der Waals surface area contributed by atoms with Crippen molar-refractivity contribution in [3.8, 4) is 5.75 Å². The number of benzene rings is 2. The van der Waals surface area contributed by atoms with E-state index in [1.165, 1.54) is 0 Å². The van der Waals surface area contributed by atoms with Gasteiger partial charge in [0.1, 0.15) is 16.7 Å². The van der Waals surface area contributed by atoms with Crippen LogP contribution >= 0.6 is 11.3 Å². The van der Waals surface area contributed by atoms with Crippen LogP contribution in [0.5, 0.6) is 5.75 Å². The lowest BCUT2D eigenvalue weighted by atomic mass is 9.95. The monoisotopic (exact) mass is 338 g/mol. The Morgan fingerprint density at radius 1 is 1.25 bits per heavy atom. The topological polar surface area (TPSA) is 42.4 Å². The molecule has 0 spiro atoms. The van der Waals surface area contributed by atoms with Gasteiger partial charge in [0.25, 0.3) is 0 Å². The van der Waals surface area contributed by atoms with Crippen LogP contribution in [0.25, 0.3) is 10.2 Å². The number of rotatable bonds is 3. The number of nitrogens with zero attached hydrogens (tertiary/aromatic N) is 2. The summed E-state index contributed by atoms with van der Waals surface area (Å²) in [5.41, 5.74) is 3.16. The van der Waals surface area contributed by atoms with Crippen molar-refractivity contribution in [1.29, 1.82) is 0 Å². The molecule has 2 aromatic carbocycles. The lowest BCUT2D eigenvalue weighted by Crippen LogP contribution is -2.26. The van der Waals surface area contributed by atoms with Crippen LogP contribution in [0, 0.1) is 0 Å². The average molecular weight is 338 g/mol. The van der Waals surface area contributed by atoms with E-state index in [-0.39, 0.29) is 11.9 Å². The first kappa shape index (κ1) is 15.3. The maximum absolute atomic E-state index is 12.5. The van der Waals surface area contributed by atoms with Crippen molar-refractivity contribution in [3.05, 3.63) is 58.6 Å². The number of ether oxygens (including phenoxy) is 1. The maximum Gasteiger partial charge on any atom is 0.321 e. The van der Waals surface area contributed by atoms with Crippen LogP contribution in [0.15, 0.2) is 42.5 Å². The molecule has 0 bridgehead atoms. The van der Waals surface area contributed by atoms with Gasteiger partial charge in [-0.25, -0.2) is 4.98 Å². The van der Waals surface area contributed by atoms with Crippen LogP contribution in [0.4, 0.5) is 0 Å². The molecule has 3 aromatic rings. The zero-order valence-electron chi connectivity index (χ0n) is 13.7. The number of carbonyl (C=O) groups excluding carboxylic acids is 1. The average Bonchev–Trinajstić information content (AvgIpc) is 2.97. The summed E-state index contributed by atoms with van der Waals surface area (Å²) in [6.45, 7) is 0.826. The second kappa shape index (κ2) is 6.00. The van der Waals surface area contributed by atoms with Gasteiger partial charge in [-0.1, -0.05) is 24.3 Å². The molecule has 5 heteroatoms. The number of thiazole rings is 1. The minimum atomic E-state index is -0.311. The van der Waals surface area contributed by atoms with E-state index in [4.69, 9.17) is 4.74 Å². The van der Waals surface area contributed by atoms with Gasteiger partial charge in [0, 0.05) is 6.54 Å². The molecule has 4 rings (SSSR count). The second-order valence-electron chi connectivity index (χ2n) is 6.38. The van der Waals surface area contributed by atoms with Gasteiger partial charge in [-0.15, -0.1) is 11.3 Å². The highest BCUT2D eigenvalue weighted by molar-refractivity contribution is 7.18. The van der Waals surface area contributed by atoms with Gasteiger partial charge < -0.3 is 9.64 Å². The minimum Gasteiger partial charge on any atom is -0.426 e. The van der Waals surface area contributed by atoms with Gasteiger partial charge in [0.05, 0.1) is 10.2 Å². The van der Waals surface area contributed by atoms with Crippen LogP contribution in [0.3, 0.4) is 0 Å². The van der Waals surface area contributed by atoms with Crippen molar-refractivity contribution in [2.75, 3.05) is 14.1 Å². The van der Waals surface area contributed by atoms with Gasteiger partial charge in [-0.2, -0.15) is 0 Å². The summed E-state index contributed by atoms with van der Waals surface area (Å²) >= 11 is 1.58. The fourth-order valence-electron chi connectivity index (χ4n) is 3.04. The number of esters is 1. The van der Waals surface area contributed by atoms with E-state index in [0.717, 1.165) is 32.9 Å². The van der Waals surface area contributed by atoms with Gasteiger partial charge in [0.15, 0.2) is 0 Å². The fourth-order valence-corrected chi connectivity index (χ4v) is 4.09. The van der Waals surface area contributed by atoms with Crippen LogP contribution < -0.4 is 4.74 Å². The molecule has 4 nitrogen and oxygen atoms in total. The number of carbonyl (C=O) groups is 1. The quantitative estimate of drug-likeness (QED) is 0.540. The third-order valence-corrected chi connectivity index (χ3v) is 5.31. The highest BCUT2D eigenvalue weighted by atomic mass is 32.1. The third kappa shape index (κ3) is 2.81. The summed E-state index contributed by atoms with van der Waals surface area (Å²) in [7, 11) is 4.04. The highest BCUT2D eigenvalue weighted by Gasteiger charge is 2.32. The van der Waals surface area contributed by atoms with Gasteiger partial charge in [-0.05, 0) is 49.8 Å². The molecular weight excluding hydrogens is 320 g/mol. The molecule has 24 heavy (non-hydrogen) atoms. The third-order valence-electron chi connectivity index (χ3n) is 4.16. The summed E-state index contributed by atoms with van der Waals surface area (Å²) in [6, 6.07) is 14.1. The molecule has 1 atom stereocenters. The molecule has 1 aliphatic heterocycles. The number of aromatic nitrogens is 1. The zero-order chi connectivity index (χ0) is 16.7. The summed E-state index contributed by atoms with van der Waals surface area (Å²) in [5.74, 6) is 0.176. The Morgan fingerprint density at radius 2 is 2.08 bits per heavy atom. The normalized spacial score (nSPS) is 17.1. The number of para-hydroxylation sites is 1. The molecule has 0 amide bonds. The molecular formula is C19H18N2O2S. The Balaban J connectivity index is 1.65. The van der Waals surface area contributed by atoms with Crippen LogP contribution in [0.2, 0.25) is 0 Å². The molecule has 0 aliphatic carbocycles. The molecule has 1 aliphatic rings. The van der Waals surface area contributed by atoms with E-state index in [1.54, 1.807) is 11.3 Å². The number of hydrogen-bond donors (Lipinski definition) is 0. The predicted molar refractivity (Wildman–Crippen MR) is 95.5 cm³/mol. The zero-order valence-corrected chi connectivity index (χ0v) is 14.5. The standard InChI is InChI=1S/C19H18N2O2S/c1-21(2)11-12-7-8-13-10-14(19(22)23-16(13)9-12)18-20-15-5-3-4-6-17(15)24-18/h3-9,14H,10-11H2,1-2H3. The first-order valence-electron chi connectivity index (χ1n) is 7.94. The van der Waals surface area contributed by atoms with Crippen molar-refractivity contribution in [3.63, 3.8) is 0 Å². The number of hydrogen-bond acceptors (Lipinski definition) is 5. The summed E-state index contributed by atoms with van der Waals surface area (Å²) in [4.78, 5) is 19.2. The minimum absolute atomic E-state index is 0.205. The van der Waals surface area contributed by atoms with Gasteiger partial charge in [-0.3, -0.25) is 4.79 Å². The second-order valence-corrected chi connectivity index (χ2v) is 7.44. The van der Waals surface area contributed by atoms with Gasteiger partial charge >= 0.3 is 5.97 Å². The molecule has 0 fully saturated rings. The first-order valence-corrected chi connectivity index (χ1v) is 8.75. The Morgan fingerprint density at radius 3 is 2.88 bits per heavy atom. The van der Waals surface area contributed by atoms with E-state index in [1.807, 2.05) is 44.4 Å². The molecule has 0 saturated heterocycles. The van der Waals surface area contributed by atoms with E-state index >= 15 is 0 Å². The largest absolute Gasteiger partial charge is 0.426 e. The van der Waals surface area contributed by atoms with E-state index in [9.17, 15) is 4.79 Å². The Labute approximate surface area is 144 Å². The number of fused-ring (bicyclic) bond motifs is 2. The Kier molecular flexibility index (Phi) is 3.82. The van der Waals surface area contributed by atoms with Crippen LogP contribution in [0.1, 0.15) is 22.1 Å². The van der Waals surface area contributed by atoms with E-state index in [0.29, 0.717) is 12.2 Å². The molecule has 122 valence electrons. The molecule has 0 N–H and O–H groups in total. The van der Waals surface area contributed by atoms with Crippen molar-refractivity contribution < 1.29 is 9.53 Å². The summed E-state index contributed by atoms with van der Waals surface area (Å²) < 4.78 is 6.73. The van der Waals surface area contributed by atoms with Gasteiger partial charge in [0.2, 0.25) is 0 Å².